The molecular formula is C27H38N6O. The van der Waals surface area contributed by atoms with Gasteiger partial charge in [0.05, 0.1) is 11.6 Å². The van der Waals surface area contributed by atoms with Crippen molar-refractivity contribution in [3.8, 4) is 5.75 Å². The number of rotatable bonds is 11. The zero-order chi connectivity index (χ0) is 24.8. The summed E-state index contributed by atoms with van der Waals surface area (Å²) in [7, 11) is 0. The number of aromatic nitrogens is 4. The van der Waals surface area contributed by atoms with E-state index in [0.29, 0.717) is 19.7 Å². The highest BCUT2D eigenvalue weighted by Crippen LogP contribution is 2.34. The number of nitrogens with zero attached hydrogens (tertiary/aromatic N) is 4. The van der Waals surface area contributed by atoms with Gasteiger partial charge in [-0.1, -0.05) is 69.8 Å². The summed E-state index contributed by atoms with van der Waals surface area (Å²) in [6.45, 7) is 16.4. The molecule has 0 aliphatic heterocycles. The van der Waals surface area contributed by atoms with Crippen molar-refractivity contribution in [2.45, 2.75) is 65.7 Å². The van der Waals surface area contributed by atoms with Crippen LogP contribution in [-0.2, 0) is 18.6 Å². The molecule has 7 heteroatoms. The van der Waals surface area contributed by atoms with Crippen molar-refractivity contribution in [3.63, 3.8) is 0 Å². The smallest absolute Gasteiger partial charge is 0.173 e. The third-order valence-corrected chi connectivity index (χ3v) is 5.61. The monoisotopic (exact) mass is 462 g/mol. The van der Waals surface area contributed by atoms with Gasteiger partial charge in [-0.15, -0.1) is 5.10 Å². The summed E-state index contributed by atoms with van der Waals surface area (Å²) in [5.74, 6) is 1.58. The lowest BCUT2D eigenvalue weighted by molar-refractivity contribution is 0.188. The van der Waals surface area contributed by atoms with Crippen LogP contribution >= 0.6 is 0 Å². The first-order valence-electron chi connectivity index (χ1n) is 11.8. The van der Waals surface area contributed by atoms with Crippen LogP contribution in [0.1, 0.15) is 69.6 Å². The Bertz CT molecular complexity index is 1070. The van der Waals surface area contributed by atoms with Crippen molar-refractivity contribution in [2.75, 3.05) is 6.61 Å². The maximum Gasteiger partial charge on any atom is 0.173 e. The summed E-state index contributed by atoms with van der Waals surface area (Å²) in [5.41, 5.74) is 9.03. The second-order valence-corrected chi connectivity index (χ2v) is 10.5. The minimum atomic E-state index is -0.260. The Morgan fingerprint density at radius 3 is 2.44 bits per heavy atom. The summed E-state index contributed by atoms with van der Waals surface area (Å²) in [6, 6.07) is 16.2. The van der Waals surface area contributed by atoms with Gasteiger partial charge < -0.3 is 10.5 Å². The first-order valence-corrected chi connectivity index (χ1v) is 11.8. The van der Waals surface area contributed by atoms with Gasteiger partial charge in [-0.05, 0) is 64.9 Å². The van der Waals surface area contributed by atoms with Gasteiger partial charge in [0.25, 0.3) is 0 Å². The summed E-state index contributed by atoms with van der Waals surface area (Å²) in [5, 5.41) is 16.7. The van der Waals surface area contributed by atoms with Crippen LogP contribution in [0, 0.1) is 5.41 Å². The average Bonchev–Trinajstić information content (AvgIpc) is 3.28. The molecule has 3 N–H and O–H groups in total. The zero-order valence-electron chi connectivity index (χ0n) is 21.1. The summed E-state index contributed by atoms with van der Waals surface area (Å²) >= 11 is 0. The Balaban J connectivity index is 1.95. The van der Waals surface area contributed by atoms with E-state index in [0.717, 1.165) is 34.7 Å². The summed E-state index contributed by atoms with van der Waals surface area (Å²) in [6.07, 6.45) is 2.66. The number of nitrogens with two attached hydrogens (primary N) is 1. The molecule has 1 heterocycles. The first-order chi connectivity index (χ1) is 16.1. The molecule has 3 rings (SSSR count). The molecule has 1 atom stereocenters. The molecule has 0 radical (unpaired) electrons. The predicted molar refractivity (Wildman–Crippen MR) is 136 cm³/mol. The van der Waals surface area contributed by atoms with Crippen LogP contribution < -0.4 is 15.8 Å². The number of nitrogens with one attached hydrogen (secondary N) is 1. The first kappa shape index (κ1) is 25.6. The van der Waals surface area contributed by atoms with Crippen molar-refractivity contribution in [3.05, 3.63) is 83.7 Å². The lowest BCUT2D eigenvalue weighted by Crippen LogP contribution is -2.36. The highest BCUT2D eigenvalue weighted by molar-refractivity contribution is 5.32. The van der Waals surface area contributed by atoms with Gasteiger partial charge in [-0.2, -0.15) is 0 Å². The van der Waals surface area contributed by atoms with Crippen molar-refractivity contribution < 1.29 is 4.74 Å². The van der Waals surface area contributed by atoms with E-state index >= 15 is 0 Å². The van der Waals surface area contributed by atoms with E-state index in [-0.39, 0.29) is 17.0 Å². The Kier molecular flexibility index (Phi) is 8.23. The van der Waals surface area contributed by atoms with Crippen LogP contribution in [0.4, 0.5) is 0 Å². The SMILES string of the molecule is C=CCOc1ccc(C(NCc2cccc(CN)c2)c2nnnn2C(C)(C)CC(C)(C)C)cc1. The number of hydrogen-bond acceptors (Lipinski definition) is 6. The number of ether oxygens (including phenoxy) is 1. The van der Waals surface area contributed by atoms with Crippen LogP contribution in [0.3, 0.4) is 0 Å². The van der Waals surface area contributed by atoms with E-state index in [2.05, 4.69) is 86.3 Å². The summed E-state index contributed by atoms with van der Waals surface area (Å²) in [4.78, 5) is 0. The van der Waals surface area contributed by atoms with E-state index in [1.54, 1.807) is 6.08 Å². The molecule has 0 amide bonds. The second kappa shape index (κ2) is 10.9. The van der Waals surface area contributed by atoms with Crippen molar-refractivity contribution in [1.29, 1.82) is 0 Å². The van der Waals surface area contributed by atoms with Gasteiger partial charge >= 0.3 is 0 Å². The Morgan fingerprint density at radius 1 is 1.09 bits per heavy atom. The van der Waals surface area contributed by atoms with E-state index in [1.807, 2.05) is 28.9 Å². The lowest BCUT2D eigenvalue weighted by Gasteiger charge is -2.34. The van der Waals surface area contributed by atoms with Crippen LogP contribution in [0.5, 0.6) is 5.75 Å². The van der Waals surface area contributed by atoms with Gasteiger partial charge in [0.2, 0.25) is 0 Å². The van der Waals surface area contributed by atoms with E-state index in [4.69, 9.17) is 10.5 Å². The molecule has 1 aromatic heterocycles. The van der Waals surface area contributed by atoms with E-state index < -0.39 is 0 Å². The van der Waals surface area contributed by atoms with Crippen LogP contribution in [0.2, 0.25) is 0 Å². The quantitative estimate of drug-likeness (QED) is 0.400. The second-order valence-electron chi connectivity index (χ2n) is 10.5. The third kappa shape index (κ3) is 6.74. The summed E-state index contributed by atoms with van der Waals surface area (Å²) < 4.78 is 7.64. The normalized spacial score (nSPS) is 13.0. The number of tetrazole rings is 1. The molecule has 2 aromatic carbocycles. The van der Waals surface area contributed by atoms with E-state index in [1.165, 1.54) is 0 Å². The fourth-order valence-electron chi connectivity index (χ4n) is 4.53. The number of benzene rings is 2. The molecule has 0 saturated heterocycles. The molecule has 3 aromatic rings. The fraction of sp³-hybridized carbons (Fsp3) is 0.444. The molecule has 0 spiro atoms. The average molecular weight is 463 g/mol. The Labute approximate surface area is 203 Å². The minimum absolute atomic E-state index is 0.127. The Hall–Kier alpha value is -3.03. The lowest BCUT2D eigenvalue weighted by atomic mass is 9.81. The Morgan fingerprint density at radius 2 is 1.79 bits per heavy atom. The van der Waals surface area contributed by atoms with Gasteiger partial charge in [-0.3, -0.25) is 5.32 Å². The molecule has 1 unspecified atom stereocenters. The molecule has 0 aliphatic carbocycles. The van der Waals surface area contributed by atoms with E-state index in [9.17, 15) is 0 Å². The molecule has 34 heavy (non-hydrogen) atoms. The predicted octanol–water partition coefficient (Wildman–Crippen LogP) is 4.75. The molecule has 0 saturated carbocycles. The molecule has 7 nitrogen and oxygen atoms in total. The van der Waals surface area contributed by atoms with Crippen molar-refractivity contribution in [1.82, 2.24) is 25.5 Å². The topological polar surface area (TPSA) is 90.9 Å². The maximum atomic E-state index is 5.84. The van der Waals surface area contributed by atoms with Crippen LogP contribution in [0.15, 0.2) is 61.2 Å². The molecular weight excluding hydrogens is 424 g/mol. The molecule has 182 valence electrons. The van der Waals surface area contributed by atoms with Gasteiger partial charge in [0.1, 0.15) is 12.4 Å². The zero-order valence-corrected chi connectivity index (χ0v) is 21.1. The molecule has 0 aliphatic rings. The standard InChI is InChI=1S/C27H38N6O/c1-7-15-34-23-13-11-22(12-14-23)24(29-18-21-10-8-9-20(16-21)17-28)25-30-31-32-33(25)27(5,6)19-26(2,3)4/h7-14,16,24,29H,1,15,17-19,28H2,2-6H3. The largest absolute Gasteiger partial charge is 0.490 e. The third-order valence-electron chi connectivity index (χ3n) is 5.61. The molecule has 0 fully saturated rings. The van der Waals surface area contributed by atoms with Gasteiger partial charge in [0, 0.05) is 13.1 Å². The van der Waals surface area contributed by atoms with Crippen molar-refractivity contribution >= 4 is 0 Å². The highest BCUT2D eigenvalue weighted by Gasteiger charge is 2.33. The molecule has 0 bridgehead atoms. The van der Waals surface area contributed by atoms with Gasteiger partial charge in [-0.25, -0.2) is 4.68 Å². The van der Waals surface area contributed by atoms with Crippen LogP contribution in [-0.4, -0.2) is 26.8 Å². The highest BCUT2D eigenvalue weighted by atomic mass is 16.5. The fourth-order valence-corrected chi connectivity index (χ4v) is 4.53. The van der Waals surface area contributed by atoms with Crippen molar-refractivity contribution in [2.24, 2.45) is 11.1 Å². The van der Waals surface area contributed by atoms with Crippen LogP contribution in [0.25, 0.3) is 0 Å². The minimum Gasteiger partial charge on any atom is -0.490 e. The van der Waals surface area contributed by atoms with Gasteiger partial charge in [0.15, 0.2) is 5.82 Å². The number of hydrogen-bond donors (Lipinski definition) is 2. The maximum absolute atomic E-state index is 5.84.